The Morgan fingerprint density at radius 3 is 3.00 bits per heavy atom. The standard InChI is InChI=1S/C8H6O3S2/c9-4-1-2-12-5-3-13-7(6(4)5)8(10)11/h3H,1-2H2,(H,10,11). The zero-order valence-electron chi connectivity index (χ0n) is 6.57. The van der Waals surface area contributed by atoms with Crippen molar-refractivity contribution in [3.05, 3.63) is 15.8 Å². The molecule has 1 aliphatic heterocycles. The second-order valence-corrected chi connectivity index (χ2v) is 4.65. The molecule has 3 nitrogen and oxygen atoms in total. The molecule has 2 heterocycles. The third kappa shape index (κ3) is 1.38. The van der Waals surface area contributed by atoms with Crippen LogP contribution < -0.4 is 0 Å². The minimum atomic E-state index is -0.998. The average Bonchev–Trinajstić information content (AvgIpc) is 2.49. The summed E-state index contributed by atoms with van der Waals surface area (Å²) in [6.45, 7) is 0. The van der Waals surface area contributed by atoms with Gasteiger partial charge < -0.3 is 5.11 Å². The first-order valence-electron chi connectivity index (χ1n) is 3.71. The van der Waals surface area contributed by atoms with E-state index in [2.05, 4.69) is 0 Å². The summed E-state index contributed by atoms with van der Waals surface area (Å²) in [5.74, 6) is -0.267. The Morgan fingerprint density at radius 2 is 2.31 bits per heavy atom. The first-order valence-corrected chi connectivity index (χ1v) is 5.57. The monoisotopic (exact) mass is 214 g/mol. The number of carboxylic acid groups (broad SMARTS) is 1. The summed E-state index contributed by atoms with van der Waals surface area (Å²) in [4.78, 5) is 23.1. The van der Waals surface area contributed by atoms with E-state index in [1.807, 2.05) is 0 Å². The zero-order chi connectivity index (χ0) is 9.42. The second-order valence-electron chi connectivity index (χ2n) is 2.63. The van der Waals surface area contributed by atoms with E-state index in [4.69, 9.17) is 5.11 Å². The maximum Gasteiger partial charge on any atom is 0.346 e. The third-order valence-electron chi connectivity index (χ3n) is 1.82. The van der Waals surface area contributed by atoms with Gasteiger partial charge in [-0.05, 0) is 0 Å². The van der Waals surface area contributed by atoms with Gasteiger partial charge >= 0.3 is 5.97 Å². The van der Waals surface area contributed by atoms with Crippen molar-refractivity contribution in [2.45, 2.75) is 11.3 Å². The summed E-state index contributed by atoms with van der Waals surface area (Å²) in [5.41, 5.74) is 0.425. The van der Waals surface area contributed by atoms with E-state index >= 15 is 0 Å². The Kier molecular flexibility index (Phi) is 2.13. The lowest BCUT2D eigenvalue weighted by Gasteiger charge is -2.09. The molecule has 0 aromatic carbocycles. The van der Waals surface area contributed by atoms with Crippen LogP contribution in [-0.4, -0.2) is 22.6 Å². The van der Waals surface area contributed by atoms with Crippen molar-refractivity contribution in [3.8, 4) is 0 Å². The number of carbonyl (C=O) groups excluding carboxylic acids is 1. The topological polar surface area (TPSA) is 54.4 Å². The van der Waals surface area contributed by atoms with E-state index in [1.165, 1.54) is 0 Å². The fourth-order valence-corrected chi connectivity index (χ4v) is 3.38. The van der Waals surface area contributed by atoms with Gasteiger partial charge in [0.05, 0.1) is 5.56 Å². The minimum absolute atomic E-state index is 0.0348. The van der Waals surface area contributed by atoms with Crippen LogP contribution in [0.2, 0.25) is 0 Å². The highest BCUT2D eigenvalue weighted by atomic mass is 32.2. The molecule has 0 radical (unpaired) electrons. The summed E-state index contributed by atoms with van der Waals surface area (Å²) in [6.07, 6.45) is 0.453. The number of thioether (sulfide) groups is 1. The van der Waals surface area contributed by atoms with Gasteiger partial charge in [0, 0.05) is 22.4 Å². The van der Waals surface area contributed by atoms with Crippen molar-refractivity contribution in [1.82, 2.24) is 0 Å². The molecule has 5 heteroatoms. The molecule has 0 fully saturated rings. The van der Waals surface area contributed by atoms with E-state index in [0.717, 1.165) is 22.0 Å². The Hall–Kier alpha value is -0.810. The molecule has 0 spiro atoms. The number of carboxylic acids is 1. The minimum Gasteiger partial charge on any atom is -0.477 e. The molecule has 0 aliphatic carbocycles. The van der Waals surface area contributed by atoms with Crippen LogP contribution >= 0.6 is 23.1 Å². The van der Waals surface area contributed by atoms with E-state index in [1.54, 1.807) is 17.1 Å². The quantitative estimate of drug-likeness (QED) is 0.778. The predicted octanol–water partition coefficient (Wildman–Crippen LogP) is 2.12. The Labute approximate surface area is 82.8 Å². The maximum absolute atomic E-state index is 11.4. The Balaban J connectivity index is 2.56. The van der Waals surface area contributed by atoms with E-state index in [0.29, 0.717) is 12.0 Å². The lowest BCUT2D eigenvalue weighted by atomic mass is 10.1. The van der Waals surface area contributed by atoms with Gasteiger partial charge in [-0.3, -0.25) is 4.79 Å². The smallest absolute Gasteiger partial charge is 0.346 e. The van der Waals surface area contributed by atoms with Crippen LogP contribution in [0.25, 0.3) is 0 Å². The zero-order valence-corrected chi connectivity index (χ0v) is 8.20. The number of Topliss-reactive ketones (excluding diaryl/α,β-unsaturated/α-hetero) is 1. The third-order valence-corrected chi connectivity index (χ3v) is 3.98. The van der Waals surface area contributed by atoms with Gasteiger partial charge in [0.1, 0.15) is 4.88 Å². The Bertz CT molecular complexity index is 381. The van der Waals surface area contributed by atoms with Crippen molar-refractivity contribution < 1.29 is 14.7 Å². The number of thiophene rings is 1. The molecule has 0 bridgehead atoms. The highest BCUT2D eigenvalue weighted by molar-refractivity contribution is 7.99. The van der Waals surface area contributed by atoms with Gasteiger partial charge in [-0.25, -0.2) is 4.79 Å². The van der Waals surface area contributed by atoms with Crippen LogP contribution in [0, 0.1) is 0 Å². The molecule has 13 heavy (non-hydrogen) atoms. The Morgan fingerprint density at radius 1 is 1.54 bits per heavy atom. The van der Waals surface area contributed by atoms with Gasteiger partial charge in [0.2, 0.25) is 0 Å². The first-order chi connectivity index (χ1) is 6.20. The molecular formula is C8H6O3S2. The van der Waals surface area contributed by atoms with Gasteiger partial charge in [0.15, 0.2) is 5.78 Å². The van der Waals surface area contributed by atoms with E-state index < -0.39 is 5.97 Å². The predicted molar refractivity (Wildman–Crippen MR) is 50.9 cm³/mol. The highest BCUT2D eigenvalue weighted by Gasteiger charge is 2.26. The van der Waals surface area contributed by atoms with E-state index in [-0.39, 0.29) is 10.7 Å². The number of carbonyl (C=O) groups is 2. The molecule has 1 aliphatic rings. The summed E-state index contributed by atoms with van der Waals surface area (Å²) in [5, 5.41) is 10.5. The fraction of sp³-hybridized carbons (Fsp3) is 0.250. The van der Waals surface area contributed by atoms with Crippen molar-refractivity contribution in [1.29, 1.82) is 0 Å². The largest absolute Gasteiger partial charge is 0.477 e. The molecule has 1 aromatic heterocycles. The van der Waals surface area contributed by atoms with Gasteiger partial charge in [0.25, 0.3) is 0 Å². The lowest BCUT2D eigenvalue weighted by Crippen LogP contribution is -2.10. The molecule has 0 unspecified atom stereocenters. The molecular weight excluding hydrogens is 208 g/mol. The number of hydrogen-bond acceptors (Lipinski definition) is 4. The van der Waals surface area contributed by atoms with Crippen LogP contribution in [0.5, 0.6) is 0 Å². The molecule has 1 aromatic rings. The van der Waals surface area contributed by atoms with E-state index in [9.17, 15) is 9.59 Å². The number of aromatic carboxylic acids is 1. The van der Waals surface area contributed by atoms with Crippen LogP contribution in [0.1, 0.15) is 26.5 Å². The molecule has 1 N–H and O–H groups in total. The van der Waals surface area contributed by atoms with Crippen molar-refractivity contribution in [2.75, 3.05) is 5.75 Å². The van der Waals surface area contributed by atoms with Crippen molar-refractivity contribution >= 4 is 34.9 Å². The maximum atomic E-state index is 11.4. The fourth-order valence-electron chi connectivity index (χ4n) is 1.25. The second kappa shape index (κ2) is 3.16. The lowest BCUT2D eigenvalue weighted by molar-refractivity contribution is 0.0697. The molecule has 2 rings (SSSR count). The molecule has 0 atom stereocenters. The molecule has 0 saturated carbocycles. The molecule has 68 valence electrons. The van der Waals surface area contributed by atoms with Gasteiger partial charge in [-0.15, -0.1) is 23.1 Å². The normalized spacial score (nSPS) is 15.5. The average molecular weight is 214 g/mol. The number of rotatable bonds is 1. The molecule has 0 saturated heterocycles. The summed E-state index contributed by atoms with van der Waals surface area (Å²) < 4.78 is 0. The van der Waals surface area contributed by atoms with Crippen LogP contribution in [0.15, 0.2) is 10.3 Å². The highest BCUT2D eigenvalue weighted by Crippen LogP contribution is 2.36. The number of fused-ring (bicyclic) bond motifs is 1. The van der Waals surface area contributed by atoms with Gasteiger partial charge in [-0.1, -0.05) is 0 Å². The number of hydrogen-bond donors (Lipinski definition) is 1. The summed E-state index contributed by atoms with van der Waals surface area (Å²) in [6, 6.07) is 0. The summed E-state index contributed by atoms with van der Waals surface area (Å²) >= 11 is 2.69. The SMILES string of the molecule is O=C(O)c1scc2c1C(=O)CCS2. The van der Waals surface area contributed by atoms with Crippen molar-refractivity contribution in [2.24, 2.45) is 0 Å². The van der Waals surface area contributed by atoms with Crippen LogP contribution in [-0.2, 0) is 0 Å². The van der Waals surface area contributed by atoms with Gasteiger partial charge in [-0.2, -0.15) is 0 Å². The van der Waals surface area contributed by atoms with Crippen LogP contribution in [0.3, 0.4) is 0 Å². The van der Waals surface area contributed by atoms with Crippen LogP contribution in [0.4, 0.5) is 0 Å². The molecule has 0 amide bonds. The number of ketones is 1. The summed E-state index contributed by atoms with van der Waals surface area (Å²) in [7, 11) is 0. The van der Waals surface area contributed by atoms with Crippen molar-refractivity contribution in [3.63, 3.8) is 0 Å². The first kappa shape index (κ1) is 8.77.